The molecule has 0 bridgehead atoms. The van der Waals surface area contributed by atoms with E-state index in [0.717, 1.165) is 6.20 Å². The molecule has 0 aliphatic carbocycles. The molecule has 2 aromatic rings. The molecule has 0 fully saturated rings. The number of aromatic nitrogens is 3. The first-order chi connectivity index (χ1) is 9.99. The van der Waals surface area contributed by atoms with Crippen LogP contribution in [-0.4, -0.2) is 40.8 Å². The van der Waals surface area contributed by atoms with Gasteiger partial charge in [0.1, 0.15) is 0 Å². The highest BCUT2D eigenvalue weighted by Crippen LogP contribution is 2.06. The molecule has 2 heterocycles. The van der Waals surface area contributed by atoms with Crippen molar-refractivity contribution in [1.29, 1.82) is 0 Å². The van der Waals surface area contributed by atoms with Crippen molar-refractivity contribution in [3.05, 3.63) is 42.4 Å². The van der Waals surface area contributed by atoms with E-state index in [2.05, 4.69) is 14.8 Å². The Hall–Kier alpha value is -2.26. The SMILES string of the molecule is O=C(O)c1ccc(S(=O)(=O)NCCCn2cccn2)nc1. The minimum Gasteiger partial charge on any atom is -0.478 e. The highest BCUT2D eigenvalue weighted by molar-refractivity contribution is 7.89. The van der Waals surface area contributed by atoms with E-state index in [1.54, 1.807) is 23.1 Å². The molecule has 0 aliphatic rings. The zero-order valence-electron chi connectivity index (χ0n) is 11.0. The maximum atomic E-state index is 11.9. The van der Waals surface area contributed by atoms with Crippen molar-refractivity contribution in [2.24, 2.45) is 0 Å². The number of aryl methyl sites for hydroxylation is 1. The van der Waals surface area contributed by atoms with Crippen molar-refractivity contribution in [2.75, 3.05) is 6.54 Å². The monoisotopic (exact) mass is 310 g/mol. The molecule has 0 aliphatic heterocycles. The van der Waals surface area contributed by atoms with Crippen LogP contribution in [0.25, 0.3) is 0 Å². The maximum absolute atomic E-state index is 11.9. The second-order valence-corrected chi connectivity index (χ2v) is 5.92. The van der Waals surface area contributed by atoms with E-state index < -0.39 is 16.0 Å². The van der Waals surface area contributed by atoms with Crippen molar-refractivity contribution in [3.63, 3.8) is 0 Å². The summed E-state index contributed by atoms with van der Waals surface area (Å²) in [5, 5.41) is 12.5. The van der Waals surface area contributed by atoms with Crippen LogP contribution in [0.5, 0.6) is 0 Å². The van der Waals surface area contributed by atoms with Crippen LogP contribution in [0.2, 0.25) is 0 Å². The van der Waals surface area contributed by atoms with Crippen molar-refractivity contribution in [3.8, 4) is 0 Å². The average molecular weight is 310 g/mol. The molecule has 0 amide bonds. The number of aromatic carboxylic acids is 1. The molecule has 0 unspecified atom stereocenters. The predicted octanol–water partition coefficient (Wildman–Crippen LogP) is 0.345. The van der Waals surface area contributed by atoms with Crippen molar-refractivity contribution >= 4 is 16.0 Å². The Kier molecular flexibility index (Phi) is 4.66. The number of sulfonamides is 1. The van der Waals surface area contributed by atoms with E-state index in [0.29, 0.717) is 13.0 Å². The number of nitrogens with one attached hydrogen (secondary N) is 1. The van der Waals surface area contributed by atoms with Crippen LogP contribution >= 0.6 is 0 Å². The summed E-state index contributed by atoms with van der Waals surface area (Å²) in [5.41, 5.74) is -0.0624. The molecule has 21 heavy (non-hydrogen) atoms. The molecule has 112 valence electrons. The molecule has 0 radical (unpaired) electrons. The highest BCUT2D eigenvalue weighted by Gasteiger charge is 2.15. The van der Waals surface area contributed by atoms with E-state index in [1.807, 2.05) is 0 Å². The van der Waals surface area contributed by atoms with Gasteiger partial charge in [-0.25, -0.2) is 22.9 Å². The van der Waals surface area contributed by atoms with Gasteiger partial charge in [-0.2, -0.15) is 5.10 Å². The third-order valence-electron chi connectivity index (χ3n) is 2.67. The number of pyridine rings is 1. The topological polar surface area (TPSA) is 114 Å². The second-order valence-electron chi connectivity index (χ2n) is 4.21. The summed E-state index contributed by atoms with van der Waals surface area (Å²) in [6, 6.07) is 4.16. The normalized spacial score (nSPS) is 11.4. The summed E-state index contributed by atoms with van der Waals surface area (Å²) < 4.78 is 28.0. The summed E-state index contributed by atoms with van der Waals surface area (Å²) >= 11 is 0. The smallest absolute Gasteiger partial charge is 0.337 e. The quantitative estimate of drug-likeness (QED) is 0.713. The van der Waals surface area contributed by atoms with Crippen LogP contribution in [0.4, 0.5) is 0 Å². The van der Waals surface area contributed by atoms with Gasteiger partial charge in [0.25, 0.3) is 10.0 Å². The lowest BCUT2D eigenvalue weighted by molar-refractivity contribution is 0.0696. The molecule has 0 atom stereocenters. The third-order valence-corrected chi connectivity index (χ3v) is 4.05. The van der Waals surface area contributed by atoms with Crippen LogP contribution in [0, 0.1) is 0 Å². The number of hydrogen-bond acceptors (Lipinski definition) is 5. The van der Waals surface area contributed by atoms with Crippen molar-refractivity contribution < 1.29 is 18.3 Å². The van der Waals surface area contributed by atoms with Gasteiger partial charge in [0.15, 0.2) is 5.03 Å². The van der Waals surface area contributed by atoms with Gasteiger partial charge in [-0.3, -0.25) is 4.68 Å². The number of rotatable bonds is 7. The molecular weight excluding hydrogens is 296 g/mol. The minimum absolute atomic E-state index is 0.0624. The summed E-state index contributed by atoms with van der Waals surface area (Å²) in [6.07, 6.45) is 5.04. The van der Waals surface area contributed by atoms with Gasteiger partial charge in [-0.05, 0) is 24.6 Å². The number of carboxylic acid groups (broad SMARTS) is 1. The lowest BCUT2D eigenvalue weighted by Gasteiger charge is -2.06. The van der Waals surface area contributed by atoms with E-state index in [-0.39, 0.29) is 17.1 Å². The first kappa shape index (κ1) is 15.1. The van der Waals surface area contributed by atoms with Crippen molar-refractivity contribution in [2.45, 2.75) is 18.0 Å². The predicted molar refractivity (Wildman–Crippen MR) is 73.2 cm³/mol. The highest BCUT2D eigenvalue weighted by atomic mass is 32.2. The standard InChI is InChI=1S/C12H14N4O4S/c17-12(18)10-3-4-11(13-9-10)21(19,20)15-6-2-8-16-7-1-5-14-16/h1,3-5,7,9,15H,2,6,8H2,(H,17,18). The van der Waals surface area contributed by atoms with Gasteiger partial charge in [0, 0.05) is 31.7 Å². The van der Waals surface area contributed by atoms with Gasteiger partial charge in [-0.1, -0.05) is 0 Å². The van der Waals surface area contributed by atoms with Crippen LogP contribution < -0.4 is 4.72 Å². The summed E-state index contributed by atoms with van der Waals surface area (Å²) in [4.78, 5) is 14.3. The lowest BCUT2D eigenvalue weighted by Crippen LogP contribution is -2.26. The Balaban J connectivity index is 1.90. The van der Waals surface area contributed by atoms with Gasteiger partial charge >= 0.3 is 5.97 Å². The van der Waals surface area contributed by atoms with E-state index >= 15 is 0 Å². The first-order valence-corrected chi connectivity index (χ1v) is 7.64. The number of hydrogen-bond donors (Lipinski definition) is 2. The van der Waals surface area contributed by atoms with E-state index in [1.165, 1.54) is 12.1 Å². The molecule has 2 rings (SSSR count). The molecular formula is C12H14N4O4S. The Labute approximate surface area is 121 Å². The van der Waals surface area contributed by atoms with Gasteiger partial charge < -0.3 is 5.11 Å². The van der Waals surface area contributed by atoms with Gasteiger partial charge in [0.05, 0.1) is 5.56 Å². The van der Waals surface area contributed by atoms with E-state index in [4.69, 9.17) is 5.11 Å². The van der Waals surface area contributed by atoms with Gasteiger partial charge in [0.2, 0.25) is 0 Å². The minimum atomic E-state index is -3.73. The molecule has 0 saturated heterocycles. The van der Waals surface area contributed by atoms with Crippen LogP contribution in [0.15, 0.2) is 41.8 Å². The molecule has 0 spiro atoms. The molecule has 2 N–H and O–H groups in total. The Morgan fingerprint density at radius 1 is 1.38 bits per heavy atom. The van der Waals surface area contributed by atoms with Crippen LogP contribution in [0.1, 0.15) is 16.8 Å². The van der Waals surface area contributed by atoms with Crippen molar-refractivity contribution in [1.82, 2.24) is 19.5 Å². The Morgan fingerprint density at radius 3 is 2.76 bits per heavy atom. The number of carboxylic acids is 1. The Bertz CT molecular complexity index is 695. The summed E-state index contributed by atoms with van der Waals surface area (Å²) in [6.45, 7) is 0.839. The number of carbonyl (C=O) groups is 1. The number of nitrogens with zero attached hydrogens (tertiary/aromatic N) is 3. The molecule has 9 heteroatoms. The molecule has 0 aromatic carbocycles. The largest absolute Gasteiger partial charge is 0.478 e. The molecule has 2 aromatic heterocycles. The third kappa shape index (κ3) is 4.10. The zero-order chi connectivity index (χ0) is 15.3. The van der Waals surface area contributed by atoms with Crippen LogP contribution in [-0.2, 0) is 16.6 Å². The Morgan fingerprint density at radius 2 is 2.19 bits per heavy atom. The van der Waals surface area contributed by atoms with Gasteiger partial charge in [-0.15, -0.1) is 0 Å². The molecule has 8 nitrogen and oxygen atoms in total. The second kappa shape index (κ2) is 6.46. The fourth-order valence-corrected chi connectivity index (χ4v) is 2.62. The first-order valence-electron chi connectivity index (χ1n) is 6.15. The maximum Gasteiger partial charge on any atom is 0.337 e. The average Bonchev–Trinajstić information content (AvgIpc) is 2.97. The summed E-state index contributed by atoms with van der Waals surface area (Å²) in [7, 11) is -3.73. The fraction of sp³-hybridized carbons (Fsp3) is 0.250. The fourth-order valence-electron chi connectivity index (χ4n) is 1.62. The lowest BCUT2D eigenvalue weighted by atomic mass is 10.3. The zero-order valence-corrected chi connectivity index (χ0v) is 11.8. The van der Waals surface area contributed by atoms with Crippen LogP contribution in [0.3, 0.4) is 0 Å². The van der Waals surface area contributed by atoms with E-state index in [9.17, 15) is 13.2 Å². The molecule has 0 saturated carbocycles. The summed E-state index contributed by atoms with van der Waals surface area (Å²) in [5.74, 6) is -1.15.